The molecule has 1 aromatic rings. The van der Waals surface area contributed by atoms with E-state index >= 15 is 0 Å². The van der Waals surface area contributed by atoms with E-state index in [2.05, 4.69) is 23.6 Å². The fourth-order valence-corrected chi connectivity index (χ4v) is 1.23. The van der Waals surface area contributed by atoms with Crippen molar-refractivity contribution in [2.75, 3.05) is 4.90 Å². The molecular formula is C12H11N. The van der Waals surface area contributed by atoms with E-state index in [1.54, 1.807) is 0 Å². The Labute approximate surface area is 78.3 Å². The molecule has 0 N–H and O–H groups in total. The highest BCUT2D eigenvalue weighted by Crippen LogP contribution is 2.17. The minimum absolute atomic E-state index is 1.03. The van der Waals surface area contributed by atoms with Gasteiger partial charge in [-0.05, 0) is 29.9 Å². The number of benzene rings is 1. The van der Waals surface area contributed by atoms with Crippen LogP contribution in [0.4, 0.5) is 5.69 Å². The highest BCUT2D eigenvalue weighted by Gasteiger charge is 2.00. The lowest BCUT2D eigenvalue weighted by Crippen LogP contribution is -2.08. The SMILES string of the molecule is C=C1C=CN(c2ccccc2)C=C1. The van der Waals surface area contributed by atoms with Crippen LogP contribution in [0.25, 0.3) is 0 Å². The van der Waals surface area contributed by atoms with E-state index in [1.165, 1.54) is 5.69 Å². The van der Waals surface area contributed by atoms with E-state index in [0.29, 0.717) is 0 Å². The molecule has 0 saturated heterocycles. The Kier molecular flexibility index (Phi) is 2.01. The molecule has 1 heteroatoms. The number of rotatable bonds is 1. The molecule has 64 valence electrons. The molecular weight excluding hydrogens is 158 g/mol. The van der Waals surface area contributed by atoms with Gasteiger partial charge in [0, 0.05) is 18.1 Å². The van der Waals surface area contributed by atoms with Crippen LogP contribution in [0.15, 0.2) is 67.0 Å². The van der Waals surface area contributed by atoms with Crippen LogP contribution >= 0.6 is 0 Å². The standard InChI is InChI=1S/C12H11N/c1-11-7-9-13(10-8-11)12-5-3-2-4-6-12/h2-10H,1H2. The van der Waals surface area contributed by atoms with Crippen molar-refractivity contribution >= 4 is 5.69 Å². The summed E-state index contributed by atoms with van der Waals surface area (Å²) >= 11 is 0. The van der Waals surface area contributed by atoms with Gasteiger partial charge in [-0.1, -0.05) is 24.8 Å². The molecule has 1 aliphatic rings. The number of para-hydroxylation sites is 1. The van der Waals surface area contributed by atoms with Gasteiger partial charge >= 0.3 is 0 Å². The molecule has 0 fully saturated rings. The summed E-state index contributed by atoms with van der Waals surface area (Å²) in [4.78, 5) is 2.06. The van der Waals surface area contributed by atoms with E-state index < -0.39 is 0 Å². The highest BCUT2D eigenvalue weighted by atomic mass is 15.1. The first kappa shape index (κ1) is 7.87. The Morgan fingerprint density at radius 2 is 1.54 bits per heavy atom. The lowest BCUT2D eigenvalue weighted by Gasteiger charge is -2.18. The first-order valence-electron chi connectivity index (χ1n) is 4.25. The first-order valence-corrected chi connectivity index (χ1v) is 4.25. The zero-order valence-corrected chi connectivity index (χ0v) is 7.35. The molecule has 1 nitrogen and oxygen atoms in total. The Morgan fingerprint density at radius 1 is 0.923 bits per heavy atom. The fraction of sp³-hybridized carbons (Fsp3) is 0. The van der Waals surface area contributed by atoms with Gasteiger partial charge in [-0.3, -0.25) is 0 Å². The van der Waals surface area contributed by atoms with Gasteiger partial charge in [0.25, 0.3) is 0 Å². The molecule has 13 heavy (non-hydrogen) atoms. The summed E-state index contributed by atoms with van der Waals surface area (Å²) in [6, 6.07) is 10.2. The van der Waals surface area contributed by atoms with Crippen molar-refractivity contribution in [3.05, 3.63) is 67.0 Å². The minimum atomic E-state index is 1.03. The zero-order chi connectivity index (χ0) is 9.10. The summed E-state index contributed by atoms with van der Waals surface area (Å²) in [7, 11) is 0. The van der Waals surface area contributed by atoms with E-state index in [9.17, 15) is 0 Å². The van der Waals surface area contributed by atoms with E-state index in [4.69, 9.17) is 0 Å². The van der Waals surface area contributed by atoms with Gasteiger partial charge in [0.1, 0.15) is 0 Å². The van der Waals surface area contributed by atoms with Gasteiger partial charge in [0.15, 0.2) is 0 Å². The molecule has 0 spiro atoms. The second-order valence-electron chi connectivity index (χ2n) is 2.95. The van der Waals surface area contributed by atoms with Crippen molar-refractivity contribution < 1.29 is 0 Å². The van der Waals surface area contributed by atoms with Gasteiger partial charge in [0.05, 0.1) is 0 Å². The van der Waals surface area contributed by atoms with Crippen molar-refractivity contribution in [3.63, 3.8) is 0 Å². The average Bonchev–Trinajstić information content (AvgIpc) is 2.20. The van der Waals surface area contributed by atoms with Gasteiger partial charge < -0.3 is 4.90 Å². The van der Waals surface area contributed by atoms with E-state index in [-0.39, 0.29) is 0 Å². The highest BCUT2D eigenvalue weighted by molar-refractivity contribution is 5.55. The number of hydrogen-bond acceptors (Lipinski definition) is 1. The van der Waals surface area contributed by atoms with Crippen LogP contribution < -0.4 is 4.90 Å². The lowest BCUT2D eigenvalue weighted by molar-refractivity contribution is 1.25. The summed E-state index contributed by atoms with van der Waals surface area (Å²) < 4.78 is 0. The monoisotopic (exact) mass is 169 g/mol. The van der Waals surface area contributed by atoms with Crippen LogP contribution in [-0.2, 0) is 0 Å². The maximum atomic E-state index is 3.84. The van der Waals surface area contributed by atoms with Crippen LogP contribution in [0.2, 0.25) is 0 Å². The quantitative estimate of drug-likeness (QED) is 0.624. The molecule has 0 aliphatic carbocycles. The van der Waals surface area contributed by atoms with Gasteiger partial charge in [-0.25, -0.2) is 0 Å². The van der Waals surface area contributed by atoms with Crippen LogP contribution in [0.3, 0.4) is 0 Å². The molecule has 0 bridgehead atoms. The van der Waals surface area contributed by atoms with E-state index in [1.807, 2.05) is 42.8 Å². The number of hydrogen-bond donors (Lipinski definition) is 0. The number of allylic oxidation sites excluding steroid dienone is 3. The molecule has 1 aromatic carbocycles. The van der Waals surface area contributed by atoms with Gasteiger partial charge in [-0.2, -0.15) is 0 Å². The second-order valence-corrected chi connectivity index (χ2v) is 2.95. The van der Waals surface area contributed by atoms with Crippen LogP contribution in [0.5, 0.6) is 0 Å². The minimum Gasteiger partial charge on any atom is -0.324 e. The van der Waals surface area contributed by atoms with Gasteiger partial charge in [0.2, 0.25) is 0 Å². The predicted octanol–water partition coefficient (Wildman–Crippen LogP) is 3.09. The summed E-state index contributed by atoms with van der Waals surface area (Å²) in [6.45, 7) is 3.84. The molecule has 0 radical (unpaired) electrons. The van der Waals surface area contributed by atoms with Crippen LogP contribution in [0, 0.1) is 0 Å². The Bertz CT molecular complexity index is 344. The second kappa shape index (κ2) is 3.31. The fourth-order valence-electron chi connectivity index (χ4n) is 1.23. The number of nitrogens with zero attached hydrogens (tertiary/aromatic N) is 1. The van der Waals surface area contributed by atoms with Crippen LogP contribution in [-0.4, -0.2) is 0 Å². The Balaban J connectivity index is 2.25. The average molecular weight is 169 g/mol. The zero-order valence-electron chi connectivity index (χ0n) is 7.35. The smallest absolute Gasteiger partial charge is 0.0449 e. The predicted molar refractivity (Wildman–Crippen MR) is 56.3 cm³/mol. The normalized spacial score (nSPS) is 15.1. The molecule has 0 saturated carbocycles. The molecule has 1 aliphatic heterocycles. The third kappa shape index (κ3) is 1.70. The van der Waals surface area contributed by atoms with Crippen molar-refractivity contribution in [2.24, 2.45) is 0 Å². The van der Waals surface area contributed by atoms with Crippen molar-refractivity contribution in [3.8, 4) is 0 Å². The number of anilines is 1. The van der Waals surface area contributed by atoms with Crippen molar-refractivity contribution in [1.82, 2.24) is 0 Å². The molecule has 0 aromatic heterocycles. The molecule has 0 atom stereocenters. The van der Waals surface area contributed by atoms with Crippen molar-refractivity contribution in [1.29, 1.82) is 0 Å². The van der Waals surface area contributed by atoms with Crippen LogP contribution in [0.1, 0.15) is 0 Å². The first-order chi connectivity index (χ1) is 6.36. The third-order valence-corrected chi connectivity index (χ3v) is 1.95. The topological polar surface area (TPSA) is 3.24 Å². The molecule has 1 heterocycles. The molecule has 0 unspecified atom stereocenters. The summed E-state index contributed by atoms with van der Waals surface area (Å²) in [5, 5.41) is 0. The molecule has 0 amide bonds. The lowest BCUT2D eigenvalue weighted by atomic mass is 10.2. The third-order valence-electron chi connectivity index (χ3n) is 1.95. The maximum absolute atomic E-state index is 3.84. The van der Waals surface area contributed by atoms with Crippen molar-refractivity contribution in [2.45, 2.75) is 0 Å². The Hall–Kier alpha value is -1.76. The Morgan fingerprint density at radius 3 is 2.15 bits per heavy atom. The van der Waals surface area contributed by atoms with Gasteiger partial charge in [-0.15, -0.1) is 0 Å². The molecule has 2 rings (SSSR count). The maximum Gasteiger partial charge on any atom is 0.0449 e. The van der Waals surface area contributed by atoms with E-state index in [0.717, 1.165) is 5.57 Å². The summed E-state index contributed by atoms with van der Waals surface area (Å²) in [5.41, 5.74) is 2.20. The summed E-state index contributed by atoms with van der Waals surface area (Å²) in [6.07, 6.45) is 8.01. The largest absolute Gasteiger partial charge is 0.324 e. The summed E-state index contributed by atoms with van der Waals surface area (Å²) in [5.74, 6) is 0.